The Bertz CT molecular complexity index is 1030. The predicted molar refractivity (Wildman–Crippen MR) is 94.6 cm³/mol. The molecule has 3 aromatic rings. The molecule has 0 spiro atoms. The van der Waals surface area contributed by atoms with Gasteiger partial charge in [-0.25, -0.2) is 18.2 Å². The Morgan fingerprint density at radius 2 is 2.07 bits per heavy atom. The van der Waals surface area contributed by atoms with E-state index in [0.717, 1.165) is 12.3 Å². The SMILES string of the molecule is Cn1nc(ONC2CC(F)(F)C2)c2ccc(NC(=O)c3ccc(F)cn3)cc21. The number of anilines is 1. The van der Waals surface area contributed by atoms with Gasteiger partial charge < -0.3 is 10.2 Å². The third-order valence-electron chi connectivity index (χ3n) is 4.45. The van der Waals surface area contributed by atoms with E-state index in [-0.39, 0.29) is 24.4 Å². The van der Waals surface area contributed by atoms with Gasteiger partial charge in [-0.1, -0.05) is 0 Å². The minimum atomic E-state index is -2.64. The van der Waals surface area contributed by atoms with Crippen molar-refractivity contribution in [1.82, 2.24) is 20.2 Å². The van der Waals surface area contributed by atoms with Crippen LogP contribution in [0.1, 0.15) is 23.3 Å². The van der Waals surface area contributed by atoms with Gasteiger partial charge in [-0.3, -0.25) is 9.48 Å². The number of nitrogens with zero attached hydrogens (tertiary/aromatic N) is 3. The van der Waals surface area contributed by atoms with Crippen LogP contribution in [0.5, 0.6) is 5.88 Å². The minimum Gasteiger partial charge on any atom is -0.386 e. The zero-order valence-corrected chi connectivity index (χ0v) is 14.7. The van der Waals surface area contributed by atoms with Crippen LogP contribution >= 0.6 is 0 Å². The maximum absolute atomic E-state index is 12.9. The molecule has 2 aromatic heterocycles. The zero-order valence-electron chi connectivity index (χ0n) is 14.7. The molecule has 1 aliphatic carbocycles. The number of alkyl halides is 2. The molecule has 146 valence electrons. The smallest absolute Gasteiger partial charge is 0.274 e. The second-order valence-electron chi connectivity index (χ2n) is 6.66. The summed E-state index contributed by atoms with van der Waals surface area (Å²) in [6.07, 6.45) is 0.421. The monoisotopic (exact) mass is 391 g/mol. The average Bonchev–Trinajstić information content (AvgIpc) is 2.94. The molecule has 0 atom stereocenters. The number of hydrogen-bond donors (Lipinski definition) is 2. The Balaban J connectivity index is 1.47. The Kier molecular flexibility index (Phi) is 4.42. The van der Waals surface area contributed by atoms with Gasteiger partial charge in [0.05, 0.1) is 23.1 Å². The first-order chi connectivity index (χ1) is 13.3. The molecule has 7 nitrogen and oxygen atoms in total. The van der Waals surface area contributed by atoms with E-state index in [2.05, 4.69) is 20.9 Å². The van der Waals surface area contributed by atoms with Crippen LogP contribution < -0.4 is 15.6 Å². The molecule has 1 aromatic carbocycles. The summed E-state index contributed by atoms with van der Waals surface area (Å²) in [7, 11) is 1.69. The maximum Gasteiger partial charge on any atom is 0.274 e. The van der Waals surface area contributed by atoms with Crippen LogP contribution in [-0.2, 0) is 7.05 Å². The van der Waals surface area contributed by atoms with Gasteiger partial charge in [-0.2, -0.15) is 5.48 Å². The van der Waals surface area contributed by atoms with Crippen molar-refractivity contribution in [3.05, 3.63) is 48.0 Å². The quantitative estimate of drug-likeness (QED) is 0.654. The number of aromatic nitrogens is 3. The van der Waals surface area contributed by atoms with Gasteiger partial charge >= 0.3 is 0 Å². The lowest BCUT2D eigenvalue weighted by Crippen LogP contribution is -2.49. The van der Waals surface area contributed by atoms with Crippen molar-refractivity contribution in [3.63, 3.8) is 0 Å². The summed E-state index contributed by atoms with van der Waals surface area (Å²) < 4.78 is 40.2. The number of amides is 1. The van der Waals surface area contributed by atoms with Gasteiger partial charge in [-0.15, -0.1) is 5.10 Å². The summed E-state index contributed by atoms with van der Waals surface area (Å²) in [4.78, 5) is 21.3. The van der Waals surface area contributed by atoms with Gasteiger partial charge in [0, 0.05) is 25.6 Å². The third kappa shape index (κ3) is 3.63. The minimum absolute atomic E-state index is 0.0806. The fourth-order valence-corrected chi connectivity index (χ4v) is 2.97. The van der Waals surface area contributed by atoms with E-state index in [1.165, 1.54) is 6.07 Å². The lowest BCUT2D eigenvalue weighted by molar-refractivity contribution is -0.113. The highest BCUT2D eigenvalue weighted by atomic mass is 19.3. The molecule has 1 aliphatic rings. The van der Waals surface area contributed by atoms with Gasteiger partial charge in [-0.05, 0) is 30.3 Å². The summed E-state index contributed by atoms with van der Waals surface area (Å²) in [5.74, 6) is -3.39. The van der Waals surface area contributed by atoms with Crippen LogP contribution in [-0.4, -0.2) is 32.6 Å². The summed E-state index contributed by atoms with van der Waals surface area (Å²) in [5, 5.41) is 7.55. The number of fused-ring (bicyclic) bond motifs is 1. The first-order valence-electron chi connectivity index (χ1n) is 8.51. The van der Waals surface area contributed by atoms with E-state index in [4.69, 9.17) is 4.84 Å². The Labute approximate surface area is 157 Å². The molecule has 10 heteroatoms. The number of halogens is 3. The van der Waals surface area contributed by atoms with Crippen LogP contribution in [0, 0.1) is 5.82 Å². The number of nitrogens with one attached hydrogen (secondary N) is 2. The fourth-order valence-electron chi connectivity index (χ4n) is 2.97. The van der Waals surface area contributed by atoms with Crippen molar-refractivity contribution in [2.45, 2.75) is 24.8 Å². The number of carbonyl (C=O) groups is 1. The fraction of sp³-hybridized carbons (Fsp3) is 0.278. The van der Waals surface area contributed by atoms with Crippen molar-refractivity contribution in [3.8, 4) is 5.88 Å². The van der Waals surface area contributed by atoms with Crippen molar-refractivity contribution in [1.29, 1.82) is 0 Å². The molecular weight excluding hydrogens is 375 g/mol. The van der Waals surface area contributed by atoms with E-state index < -0.39 is 23.7 Å². The van der Waals surface area contributed by atoms with E-state index in [1.54, 1.807) is 29.9 Å². The molecule has 0 unspecified atom stereocenters. The Morgan fingerprint density at radius 3 is 2.75 bits per heavy atom. The van der Waals surface area contributed by atoms with Crippen LogP contribution in [0.3, 0.4) is 0 Å². The van der Waals surface area contributed by atoms with Crippen LogP contribution in [0.2, 0.25) is 0 Å². The molecule has 0 aliphatic heterocycles. The van der Waals surface area contributed by atoms with Gasteiger partial charge in [0.2, 0.25) is 0 Å². The molecule has 4 rings (SSSR count). The third-order valence-corrected chi connectivity index (χ3v) is 4.45. The average molecular weight is 391 g/mol. The number of carbonyl (C=O) groups excluding carboxylic acids is 1. The molecule has 2 N–H and O–H groups in total. The van der Waals surface area contributed by atoms with E-state index >= 15 is 0 Å². The molecule has 1 fully saturated rings. The van der Waals surface area contributed by atoms with Crippen LogP contribution in [0.4, 0.5) is 18.9 Å². The number of hydrogen-bond acceptors (Lipinski definition) is 5. The Hall–Kier alpha value is -3.14. The van der Waals surface area contributed by atoms with E-state index in [9.17, 15) is 18.0 Å². The summed E-state index contributed by atoms with van der Waals surface area (Å²) in [5.41, 5.74) is 3.84. The molecule has 2 heterocycles. The second-order valence-corrected chi connectivity index (χ2v) is 6.66. The number of benzene rings is 1. The highest BCUT2D eigenvalue weighted by Crippen LogP contribution is 2.37. The normalized spacial score (nSPS) is 16.0. The maximum atomic E-state index is 12.9. The topological polar surface area (TPSA) is 81.1 Å². The predicted octanol–water partition coefficient (Wildman–Crippen LogP) is 3.04. The van der Waals surface area contributed by atoms with Crippen LogP contribution in [0.25, 0.3) is 10.9 Å². The Morgan fingerprint density at radius 1 is 1.29 bits per heavy atom. The number of rotatable bonds is 5. The molecule has 0 radical (unpaired) electrons. The van der Waals surface area contributed by atoms with Crippen molar-refractivity contribution in [2.24, 2.45) is 7.05 Å². The first-order valence-corrected chi connectivity index (χ1v) is 8.51. The summed E-state index contributed by atoms with van der Waals surface area (Å²) in [6.45, 7) is 0. The largest absolute Gasteiger partial charge is 0.386 e. The van der Waals surface area contributed by atoms with Gasteiger partial charge in [0.25, 0.3) is 17.7 Å². The van der Waals surface area contributed by atoms with E-state index in [1.807, 2.05) is 0 Å². The first kappa shape index (κ1) is 18.2. The molecular formula is C18H16F3N5O2. The lowest BCUT2D eigenvalue weighted by atomic mass is 9.89. The van der Waals surface area contributed by atoms with Gasteiger partial charge in [0.15, 0.2) is 0 Å². The highest BCUT2D eigenvalue weighted by Gasteiger charge is 2.45. The van der Waals surface area contributed by atoms with Crippen molar-refractivity contribution >= 4 is 22.5 Å². The number of hydroxylamine groups is 1. The molecule has 28 heavy (non-hydrogen) atoms. The standard InChI is InChI=1S/C18H16F3N5O2/c1-26-15-6-11(23-16(27)14-5-2-10(19)9-22-14)3-4-13(15)17(24-26)28-25-12-7-18(20,21)8-12/h2-6,9,12,25H,7-8H2,1H3,(H,23,27). The lowest BCUT2D eigenvalue weighted by Gasteiger charge is -2.34. The summed E-state index contributed by atoms with van der Waals surface area (Å²) >= 11 is 0. The van der Waals surface area contributed by atoms with Crippen molar-refractivity contribution in [2.75, 3.05) is 5.32 Å². The molecule has 0 saturated heterocycles. The molecule has 0 bridgehead atoms. The van der Waals surface area contributed by atoms with Crippen molar-refractivity contribution < 1.29 is 22.8 Å². The second kappa shape index (κ2) is 6.79. The summed E-state index contributed by atoms with van der Waals surface area (Å²) in [6, 6.07) is 7.05. The van der Waals surface area contributed by atoms with Crippen LogP contribution in [0.15, 0.2) is 36.5 Å². The molecule has 1 amide bonds. The highest BCUT2D eigenvalue weighted by molar-refractivity contribution is 6.03. The number of aryl methyl sites for hydroxylation is 1. The van der Waals surface area contributed by atoms with E-state index in [0.29, 0.717) is 16.6 Å². The van der Waals surface area contributed by atoms with Gasteiger partial charge in [0.1, 0.15) is 11.5 Å². The molecule has 1 saturated carbocycles. The zero-order chi connectivity index (χ0) is 19.9. The number of pyridine rings is 1.